The van der Waals surface area contributed by atoms with E-state index >= 15 is 0 Å². The minimum atomic E-state index is -0.346. The van der Waals surface area contributed by atoms with E-state index in [0.29, 0.717) is 38.5 Å². The molecule has 0 atom stereocenters. The molecule has 0 spiro atoms. The van der Waals surface area contributed by atoms with Crippen molar-refractivity contribution in [3.05, 3.63) is 30.1 Å². The summed E-state index contributed by atoms with van der Waals surface area (Å²) in [5.41, 5.74) is 0. The molecule has 2 rings (SSSR count). The van der Waals surface area contributed by atoms with Crippen LogP contribution in [0.25, 0.3) is 0 Å². The molecule has 0 radical (unpaired) electrons. The van der Waals surface area contributed by atoms with Crippen molar-refractivity contribution in [3.63, 3.8) is 0 Å². The van der Waals surface area contributed by atoms with Crippen LogP contribution >= 0.6 is 0 Å². The minimum absolute atomic E-state index is 0.0799. The number of benzene rings is 1. The lowest BCUT2D eigenvalue weighted by Gasteiger charge is -2.34. The Kier molecular flexibility index (Phi) is 6.34. The van der Waals surface area contributed by atoms with E-state index in [9.17, 15) is 14.0 Å². The van der Waals surface area contributed by atoms with Crippen molar-refractivity contribution >= 4 is 11.9 Å². The Morgan fingerprint density at radius 3 is 2.39 bits per heavy atom. The van der Waals surface area contributed by atoms with Gasteiger partial charge in [0.15, 0.2) is 6.61 Å². The normalized spacial score (nSPS) is 15.3. The molecule has 0 unspecified atom stereocenters. The number of hydrogen-bond donors (Lipinski definition) is 0. The van der Waals surface area contributed by atoms with Crippen molar-refractivity contribution in [2.24, 2.45) is 0 Å². The van der Waals surface area contributed by atoms with Crippen molar-refractivity contribution in [2.75, 3.05) is 45.9 Å². The van der Waals surface area contributed by atoms with Crippen molar-refractivity contribution in [2.45, 2.75) is 6.92 Å². The summed E-state index contributed by atoms with van der Waals surface area (Å²) in [5.74, 6) is -0.251. The quantitative estimate of drug-likeness (QED) is 0.728. The summed E-state index contributed by atoms with van der Waals surface area (Å²) >= 11 is 0. The highest BCUT2D eigenvalue weighted by Crippen LogP contribution is 2.11. The molecule has 0 N–H and O–H groups in total. The second-order valence-electron chi connectivity index (χ2n) is 5.20. The van der Waals surface area contributed by atoms with Gasteiger partial charge in [-0.2, -0.15) is 0 Å². The first-order valence-electron chi connectivity index (χ1n) is 7.62. The topological polar surface area (TPSA) is 59.1 Å². The smallest absolute Gasteiger partial charge is 0.320 e. The summed E-state index contributed by atoms with van der Waals surface area (Å²) < 4.78 is 23.0. The average Bonchev–Trinajstić information content (AvgIpc) is 2.55. The number of ether oxygens (including phenoxy) is 2. The summed E-state index contributed by atoms with van der Waals surface area (Å²) in [7, 11) is 0. The maximum absolute atomic E-state index is 12.8. The van der Waals surface area contributed by atoms with Crippen molar-refractivity contribution < 1.29 is 23.5 Å². The van der Waals surface area contributed by atoms with Gasteiger partial charge in [-0.05, 0) is 31.2 Å². The van der Waals surface area contributed by atoms with Crippen molar-refractivity contribution in [1.82, 2.24) is 9.80 Å². The van der Waals surface area contributed by atoms with Crippen LogP contribution in [0.5, 0.6) is 5.75 Å². The van der Waals surface area contributed by atoms with Gasteiger partial charge >= 0.3 is 5.97 Å². The van der Waals surface area contributed by atoms with E-state index in [2.05, 4.69) is 0 Å². The number of esters is 1. The van der Waals surface area contributed by atoms with Gasteiger partial charge in [-0.1, -0.05) is 0 Å². The molecule has 1 heterocycles. The standard InChI is InChI=1S/C16H21FN2O4/c1-2-22-16(21)11-18-7-9-19(10-8-18)15(20)12-23-14-5-3-13(17)4-6-14/h3-6H,2,7-12H2,1H3. The second-order valence-corrected chi connectivity index (χ2v) is 5.20. The van der Waals surface area contributed by atoms with Crippen molar-refractivity contribution in [3.8, 4) is 5.75 Å². The van der Waals surface area contributed by atoms with E-state index in [0.717, 1.165) is 0 Å². The van der Waals surface area contributed by atoms with E-state index in [1.54, 1.807) is 11.8 Å². The van der Waals surface area contributed by atoms with Gasteiger partial charge in [-0.15, -0.1) is 0 Å². The first kappa shape index (κ1) is 17.2. The van der Waals surface area contributed by atoms with Gasteiger partial charge in [0, 0.05) is 26.2 Å². The maximum atomic E-state index is 12.8. The Morgan fingerprint density at radius 1 is 1.13 bits per heavy atom. The summed E-state index contributed by atoms with van der Waals surface area (Å²) in [4.78, 5) is 27.2. The molecule has 1 fully saturated rings. The molecule has 126 valence electrons. The molecular weight excluding hydrogens is 303 g/mol. The maximum Gasteiger partial charge on any atom is 0.320 e. The number of amides is 1. The van der Waals surface area contributed by atoms with Crippen LogP contribution in [0.1, 0.15) is 6.92 Å². The fourth-order valence-electron chi connectivity index (χ4n) is 2.31. The van der Waals surface area contributed by atoms with Gasteiger partial charge in [0.2, 0.25) is 0 Å². The van der Waals surface area contributed by atoms with Crippen LogP contribution in [-0.4, -0.2) is 67.6 Å². The molecule has 23 heavy (non-hydrogen) atoms. The number of carbonyl (C=O) groups is 2. The first-order chi connectivity index (χ1) is 11.1. The largest absolute Gasteiger partial charge is 0.484 e. The van der Waals surface area contributed by atoms with E-state index in [-0.39, 0.29) is 30.8 Å². The second kappa shape index (κ2) is 8.47. The molecule has 0 bridgehead atoms. The third kappa shape index (κ3) is 5.52. The summed E-state index contributed by atoms with van der Waals surface area (Å²) in [5, 5.41) is 0. The summed E-state index contributed by atoms with van der Waals surface area (Å²) in [6.45, 7) is 4.66. The number of piperazine rings is 1. The highest BCUT2D eigenvalue weighted by atomic mass is 19.1. The minimum Gasteiger partial charge on any atom is -0.484 e. The molecule has 1 saturated heterocycles. The van der Waals surface area contributed by atoms with Gasteiger partial charge < -0.3 is 14.4 Å². The molecule has 1 aromatic carbocycles. The summed E-state index contributed by atoms with van der Waals surface area (Å²) in [6, 6.07) is 5.54. The third-order valence-corrected chi connectivity index (χ3v) is 3.56. The average molecular weight is 324 g/mol. The molecule has 1 aliphatic rings. The van der Waals surface area contributed by atoms with Gasteiger partial charge in [0.05, 0.1) is 13.2 Å². The zero-order chi connectivity index (χ0) is 16.7. The fourth-order valence-corrected chi connectivity index (χ4v) is 2.31. The Bertz CT molecular complexity index is 527. The van der Waals surface area contributed by atoms with Gasteiger partial charge in [-0.25, -0.2) is 4.39 Å². The van der Waals surface area contributed by atoms with Gasteiger partial charge in [0.25, 0.3) is 5.91 Å². The Hall–Kier alpha value is -2.15. The van der Waals surface area contributed by atoms with E-state index < -0.39 is 0 Å². The molecule has 1 amide bonds. The number of carbonyl (C=O) groups excluding carboxylic acids is 2. The molecule has 6 nitrogen and oxygen atoms in total. The number of rotatable bonds is 6. The van der Waals surface area contributed by atoms with Crippen LogP contribution in [0.3, 0.4) is 0 Å². The SMILES string of the molecule is CCOC(=O)CN1CCN(C(=O)COc2ccc(F)cc2)CC1. The zero-order valence-electron chi connectivity index (χ0n) is 13.2. The van der Waals surface area contributed by atoms with Crippen LogP contribution in [-0.2, 0) is 14.3 Å². The molecule has 7 heteroatoms. The number of halogens is 1. The lowest BCUT2D eigenvalue weighted by atomic mass is 10.3. The monoisotopic (exact) mass is 324 g/mol. The Balaban J connectivity index is 1.71. The number of nitrogens with zero attached hydrogens (tertiary/aromatic N) is 2. The van der Waals surface area contributed by atoms with Crippen molar-refractivity contribution in [1.29, 1.82) is 0 Å². The van der Waals surface area contributed by atoms with Crippen LogP contribution < -0.4 is 4.74 Å². The van der Waals surface area contributed by atoms with Crippen LogP contribution in [0.15, 0.2) is 24.3 Å². The van der Waals surface area contributed by atoms with E-state index in [1.165, 1.54) is 24.3 Å². The number of hydrogen-bond acceptors (Lipinski definition) is 5. The lowest BCUT2D eigenvalue weighted by molar-refractivity contribution is -0.145. The van der Waals surface area contributed by atoms with E-state index in [4.69, 9.17) is 9.47 Å². The predicted octanol–water partition coefficient (Wildman–Crippen LogP) is 0.912. The first-order valence-corrected chi connectivity index (χ1v) is 7.62. The molecule has 1 aliphatic heterocycles. The van der Waals surface area contributed by atoms with Gasteiger partial charge in [-0.3, -0.25) is 14.5 Å². The third-order valence-electron chi connectivity index (χ3n) is 3.56. The molecule has 0 aliphatic carbocycles. The van der Waals surface area contributed by atoms with Crippen LogP contribution in [0, 0.1) is 5.82 Å². The highest BCUT2D eigenvalue weighted by Gasteiger charge is 2.22. The molecule has 1 aromatic rings. The van der Waals surface area contributed by atoms with Gasteiger partial charge in [0.1, 0.15) is 11.6 Å². The Morgan fingerprint density at radius 2 is 1.78 bits per heavy atom. The molecular formula is C16H21FN2O4. The summed E-state index contributed by atoms with van der Waals surface area (Å²) in [6.07, 6.45) is 0. The fraction of sp³-hybridized carbons (Fsp3) is 0.500. The molecule has 0 saturated carbocycles. The molecule has 0 aromatic heterocycles. The zero-order valence-corrected chi connectivity index (χ0v) is 13.2. The predicted molar refractivity (Wildman–Crippen MR) is 81.5 cm³/mol. The lowest BCUT2D eigenvalue weighted by Crippen LogP contribution is -2.51. The highest BCUT2D eigenvalue weighted by molar-refractivity contribution is 5.78. The Labute approximate surface area is 134 Å². The van der Waals surface area contributed by atoms with E-state index in [1.807, 2.05) is 4.90 Å². The van der Waals surface area contributed by atoms with Crippen LogP contribution in [0.4, 0.5) is 4.39 Å². The van der Waals surface area contributed by atoms with Crippen LogP contribution in [0.2, 0.25) is 0 Å².